The van der Waals surface area contributed by atoms with Gasteiger partial charge in [0.1, 0.15) is 11.4 Å². The van der Waals surface area contributed by atoms with Crippen LogP contribution in [0, 0.1) is 5.92 Å². The minimum atomic E-state index is 0.0278. The van der Waals surface area contributed by atoms with Crippen LogP contribution in [0.2, 0.25) is 0 Å². The lowest BCUT2D eigenvalue weighted by Crippen LogP contribution is -2.40. The van der Waals surface area contributed by atoms with Crippen LogP contribution >= 0.6 is 0 Å². The fraction of sp³-hybridized carbons (Fsp3) is 0.583. The summed E-state index contributed by atoms with van der Waals surface area (Å²) in [5, 5.41) is 4.08. The minimum Gasteiger partial charge on any atom is -0.497 e. The maximum absolute atomic E-state index is 12.9. The summed E-state index contributed by atoms with van der Waals surface area (Å²) in [6.45, 7) is 5.66. The van der Waals surface area contributed by atoms with Crippen molar-refractivity contribution < 1.29 is 14.3 Å². The van der Waals surface area contributed by atoms with Crippen molar-refractivity contribution in [1.82, 2.24) is 20.1 Å². The van der Waals surface area contributed by atoms with Gasteiger partial charge in [-0.25, -0.2) is 0 Å². The molecule has 7 nitrogen and oxygen atoms in total. The van der Waals surface area contributed by atoms with Gasteiger partial charge in [0, 0.05) is 43.0 Å². The number of amides is 2. The summed E-state index contributed by atoms with van der Waals surface area (Å²) in [6, 6.07) is 7.66. The fourth-order valence-corrected chi connectivity index (χ4v) is 4.73. The highest BCUT2D eigenvalue weighted by Crippen LogP contribution is 2.25. The van der Waals surface area contributed by atoms with Gasteiger partial charge in [-0.3, -0.25) is 9.59 Å². The summed E-state index contributed by atoms with van der Waals surface area (Å²) >= 11 is 0. The van der Waals surface area contributed by atoms with Crippen LogP contribution in [0.5, 0.6) is 5.75 Å². The molecule has 7 heteroatoms. The lowest BCUT2D eigenvalue weighted by molar-refractivity contribution is -0.122. The number of fused-ring (bicyclic) bond motifs is 1. The largest absolute Gasteiger partial charge is 0.497 e. The molecule has 168 valence electrons. The highest BCUT2D eigenvalue weighted by atomic mass is 16.5. The number of ether oxygens (including phenoxy) is 1. The molecule has 0 saturated carbocycles. The maximum Gasteiger partial charge on any atom is 0.270 e. The average Bonchev–Trinajstić information content (AvgIpc) is 3.46. The zero-order valence-electron chi connectivity index (χ0n) is 18.5. The first kappa shape index (κ1) is 21.7. The van der Waals surface area contributed by atoms with Gasteiger partial charge in [0.25, 0.3) is 5.91 Å². The molecule has 0 atom stereocenters. The third kappa shape index (κ3) is 5.58. The fourth-order valence-electron chi connectivity index (χ4n) is 4.73. The van der Waals surface area contributed by atoms with Gasteiger partial charge < -0.3 is 24.8 Å². The van der Waals surface area contributed by atoms with Gasteiger partial charge >= 0.3 is 0 Å². The number of nitrogens with one attached hydrogen (secondary N) is 2. The van der Waals surface area contributed by atoms with Crippen LogP contribution in [0.3, 0.4) is 0 Å². The number of methoxy groups -OCH3 is 1. The van der Waals surface area contributed by atoms with Crippen molar-refractivity contribution in [2.45, 2.75) is 38.5 Å². The lowest BCUT2D eigenvalue weighted by Gasteiger charge is -2.31. The molecular formula is C24H34N4O3. The van der Waals surface area contributed by atoms with Gasteiger partial charge in [-0.2, -0.15) is 0 Å². The Labute approximate surface area is 184 Å². The van der Waals surface area contributed by atoms with E-state index >= 15 is 0 Å². The number of hydrogen-bond donors (Lipinski definition) is 2. The van der Waals surface area contributed by atoms with Crippen molar-refractivity contribution >= 4 is 22.7 Å². The minimum absolute atomic E-state index is 0.0278. The number of aromatic amines is 1. The van der Waals surface area contributed by atoms with Crippen LogP contribution in [-0.4, -0.2) is 73.0 Å². The molecule has 31 heavy (non-hydrogen) atoms. The third-order valence-electron chi connectivity index (χ3n) is 6.61. The molecule has 2 aliphatic rings. The van der Waals surface area contributed by atoms with Crippen molar-refractivity contribution in [3.63, 3.8) is 0 Å². The topological polar surface area (TPSA) is 77.7 Å². The molecule has 0 radical (unpaired) electrons. The van der Waals surface area contributed by atoms with E-state index in [2.05, 4.69) is 15.2 Å². The second-order valence-corrected chi connectivity index (χ2v) is 8.83. The van der Waals surface area contributed by atoms with Gasteiger partial charge in [-0.1, -0.05) is 0 Å². The van der Waals surface area contributed by atoms with E-state index in [9.17, 15) is 9.59 Å². The first-order valence-corrected chi connectivity index (χ1v) is 11.6. The number of nitrogens with zero attached hydrogens (tertiary/aromatic N) is 2. The molecule has 1 aromatic carbocycles. The summed E-state index contributed by atoms with van der Waals surface area (Å²) in [7, 11) is 1.63. The normalized spacial score (nSPS) is 17.9. The monoisotopic (exact) mass is 426 g/mol. The molecular weight excluding hydrogens is 392 g/mol. The smallest absolute Gasteiger partial charge is 0.270 e. The number of piperidine rings is 1. The molecule has 2 aliphatic heterocycles. The Morgan fingerprint density at radius 3 is 2.65 bits per heavy atom. The van der Waals surface area contributed by atoms with Gasteiger partial charge in [0.15, 0.2) is 0 Å². The van der Waals surface area contributed by atoms with Crippen LogP contribution in [0.25, 0.3) is 10.9 Å². The second kappa shape index (κ2) is 10.2. The summed E-state index contributed by atoms with van der Waals surface area (Å²) in [5.74, 6) is 1.30. The Bertz CT molecular complexity index is 895. The van der Waals surface area contributed by atoms with Crippen molar-refractivity contribution in [1.29, 1.82) is 0 Å². The highest BCUT2D eigenvalue weighted by molar-refractivity contribution is 5.98. The van der Waals surface area contributed by atoms with Gasteiger partial charge in [0.05, 0.1) is 7.11 Å². The van der Waals surface area contributed by atoms with Crippen LogP contribution in [0.15, 0.2) is 24.3 Å². The number of likely N-dealkylation sites (tertiary alicyclic amines) is 2. The van der Waals surface area contributed by atoms with E-state index in [-0.39, 0.29) is 11.8 Å². The van der Waals surface area contributed by atoms with Crippen molar-refractivity contribution in [2.75, 3.05) is 46.4 Å². The number of H-pyrrole nitrogens is 1. The first-order valence-electron chi connectivity index (χ1n) is 11.6. The molecule has 2 aromatic rings. The van der Waals surface area contributed by atoms with Crippen molar-refractivity contribution in [2.24, 2.45) is 5.92 Å². The Balaban J connectivity index is 1.19. The predicted octanol–water partition coefficient (Wildman–Crippen LogP) is 3.02. The number of rotatable bonds is 8. The lowest BCUT2D eigenvalue weighted by atomic mass is 9.93. The van der Waals surface area contributed by atoms with E-state index in [0.29, 0.717) is 31.1 Å². The molecule has 0 spiro atoms. The van der Waals surface area contributed by atoms with E-state index in [1.807, 2.05) is 29.2 Å². The second-order valence-electron chi connectivity index (χ2n) is 8.83. The zero-order chi connectivity index (χ0) is 21.6. The Morgan fingerprint density at radius 1 is 1.13 bits per heavy atom. The summed E-state index contributed by atoms with van der Waals surface area (Å²) < 4.78 is 5.26. The van der Waals surface area contributed by atoms with Crippen LogP contribution in [-0.2, 0) is 4.79 Å². The average molecular weight is 427 g/mol. The maximum atomic E-state index is 12.9. The van der Waals surface area contributed by atoms with E-state index in [0.717, 1.165) is 49.0 Å². The Morgan fingerprint density at radius 2 is 1.90 bits per heavy atom. The van der Waals surface area contributed by atoms with Gasteiger partial charge in [-0.05, 0) is 75.9 Å². The Kier molecular flexibility index (Phi) is 7.12. The molecule has 4 rings (SSSR count). The molecule has 3 heterocycles. The molecule has 2 saturated heterocycles. The number of carbonyl (C=O) groups is 2. The molecule has 2 N–H and O–H groups in total. The number of aromatic nitrogens is 1. The van der Waals surface area contributed by atoms with Crippen molar-refractivity contribution in [3.8, 4) is 5.75 Å². The highest BCUT2D eigenvalue weighted by Gasteiger charge is 2.26. The number of carbonyl (C=O) groups excluding carboxylic acids is 2. The van der Waals surface area contributed by atoms with Gasteiger partial charge in [0.2, 0.25) is 5.91 Å². The molecule has 0 bridgehead atoms. The van der Waals surface area contributed by atoms with E-state index in [1.54, 1.807) is 7.11 Å². The summed E-state index contributed by atoms with van der Waals surface area (Å²) in [4.78, 5) is 32.8. The third-order valence-corrected chi connectivity index (χ3v) is 6.61. The standard InChI is InChI=1S/C24H34N4O3/c1-31-20-6-5-19-16-22(26-21(19)17-20)24(30)28-13-7-18(8-14-28)15-23(29)25-9-4-12-27-10-2-3-11-27/h5-6,16-18,26H,2-4,7-15H2,1H3,(H,25,29). The quantitative estimate of drug-likeness (QED) is 0.636. The molecule has 2 fully saturated rings. The van der Waals surface area contributed by atoms with Crippen LogP contribution < -0.4 is 10.1 Å². The first-order chi connectivity index (χ1) is 15.1. The predicted molar refractivity (Wildman–Crippen MR) is 121 cm³/mol. The molecule has 0 aliphatic carbocycles. The SMILES string of the molecule is COc1ccc2cc(C(=O)N3CCC(CC(=O)NCCCN4CCCC4)CC3)[nH]c2c1. The van der Waals surface area contributed by atoms with Gasteiger partial charge in [-0.15, -0.1) is 0 Å². The molecule has 0 unspecified atom stereocenters. The Hall–Kier alpha value is -2.54. The van der Waals surface area contributed by atoms with E-state index in [4.69, 9.17) is 4.74 Å². The molecule has 1 aromatic heterocycles. The van der Waals surface area contributed by atoms with E-state index in [1.165, 1.54) is 25.9 Å². The number of benzene rings is 1. The van der Waals surface area contributed by atoms with E-state index < -0.39 is 0 Å². The summed E-state index contributed by atoms with van der Waals surface area (Å²) in [5.41, 5.74) is 1.51. The summed E-state index contributed by atoms with van der Waals surface area (Å²) in [6.07, 6.45) is 5.96. The zero-order valence-corrected chi connectivity index (χ0v) is 18.5. The van der Waals surface area contributed by atoms with Crippen LogP contribution in [0.4, 0.5) is 0 Å². The number of hydrogen-bond acceptors (Lipinski definition) is 4. The van der Waals surface area contributed by atoms with Crippen LogP contribution in [0.1, 0.15) is 49.0 Å². The van der Waals surface area contributed by atoms with Crippen molar-refractivity contribution in [3.05, 3.63) is 30.0 Å². The molecule has 2 amide bonds.